The minimum absolute atomic E-state index is 0.697. The summed E-state index contributed by atoms with van der Waals surface area (Å²) < 4.78 is 5.11. The van der Waals surface area contributed by atoms with Crippen LogP contribution in [0.25, 0.3) is 10.9 Å². The van der Waals surface area contributed by atoms with E-state index in [0.29, 0.717) is 5.02 Å². The minimum Gasteiger partial charge on any atom is -0.497 e. The summed E-state index contributed by atoms with van der Waals surface area (Å²) in [6.07, 6.45) is 0. The largest absolute Gasteiger partial charge is 0.497 e. The first-order chi connectivity index (χ1) is 6.20. The number of aromatic nitrogens is 1. The zero-order chi connectivity index (χ0) is 9.42. The molecule has 1 N–H and O–H groups in total. The highest BCUT2D eigenvalue weighted by molar-refractivity contribution is 6.35. The second-order valence-corrected chi connectivity index (χ2v) is 3.43. The molecule has 1 aromatic carbocycles. The minimum atomic E-state index is 0.697. The lowest BCUT2D eigenvalue weighted by Crippen LogP contribution is -1.82. The van der Waals surface area contributed by atoms with Gasteiger partial charge in [0, 0.05) is 17.1 Å². The molecule has 2 aromatic rings. The van der Waals surface area contributed by atoms with Crippen molar-refractivity contribution in [2.75, 3.05) is 7.11 Å². The number of halogens is 1. The number of hydrogen-bond donors (Lipinski definition) is 1. The van der Waals surface area contributed by atoms with Crippen molar-refractivity contribution >= 4 is 22.5 Å². The van der Waals surface area contributed by atoms with Crippen LogP contribution in [-0.2, 0) is 0 Å². The fourth-order valence-electron chi connectivity index (χ4n) is 1.43. The van der Waals surface area contributed by atoms with Gasteiger partial charge in [0.1, 0.15) is 5.75 Å². The Hall–Kier alpha value is -1.15. The summed E-state index contributed by atoms with van der Waals surface area (Å²) in [5, 5.41) is 1.78. The highest BCUT2D eigenvalue weighted by Gasteiger charge is 2.04. The van der Waals surface area contributed by atoms with Crippen molar-refractivity contribution in [3.8, 4) is 5.75 Å². The van der Waals surface area contributed by atoms with E-state index in [2.05, 4.69) is 4.98 Å². The van der Waals surface area contributed by atoms with Gasteiger partial charge in [-0.25, -0.2) is 0 Å². The first kappa shape index (κ1) is 8.45. The molecule has 0 saturated carbocycles. The van der Waals surface area contributed by atoms with Gasteiger partial charge in [-0.1, -0.05) is 11.6 Å². The summed E-state index contributed by atoms with van der Waals surface area (Å²) in [4.78, 5) is 3.19. The van der Waals surface area contributed by atoms with Crippen LogP contribution in [0, 0.1) is 6.92 Å². The molecule has 0 spiro atoms. The Morgan fingerprint density at radius 2 is 2.08 bits per heavy atom. The molecule has 0 atom stereocenters. The van der Waals surface area contributed by atoms with Crippen LogP contribution in [0.5, 0.6) is 5.75 Å². The van der Waals surface area contributed by atoms with Gasteiger partial charge in [-0.2, -0.15) is 0 Å². The van der Waals surface area contributed by atoms with Crippen molar-refractivity contribution in [3.63, 3.8) is 0 Å². The van der Waals surface area contributed by atoms with E-state index in [1.54, 1.807) is 13.2 Å². The fraction of sp³-hybridized carbons (Fsp3) is 0.200. The molecule has 1 heterocycles. The summed E-state index contributed by atoms with van der Waals surface area (Å²) in [6.45, 7) is 2.00. The third-order valence-electron chi connectivity index (χ3n) is 2.02. The molecule has 3 heteroatoms. The maximum Gasteiger partial charge on any atom is 0.121 e. The van der Waals surface area contributed by atoms with Crippen LogP contribution in [0.15, 0.2) is 18.2 Å². The van der Waals surface area contributed by atoms with E-state index in [4.69, 9.17) is 16.3 Å². The lowest BCUT2D eigenvalue weighted by Gasteiger charge is -2.00. The number of aryl methyl sites for hydroxylation is 1. The normalized spacial score (nSPS) is 10.7. The lowest BCUT2D eigenvalue weighted by atomic mass is 10.2. The SMILES string of the molecule is COc1cc(Cl)c2[nH]c(C)cc2c1. The maximum atomic E-state index is 6.04. The Labute approximate surface area is 81.5 Å². The number of fused-ring (bicyclic) bond motifs is 1. The third kappa shape index (κ3) is 1.38. The second-order valence-electron chi connectivity index (χ2n) is 3.03. The van der Waals surface area contributed by atoms with E-state index in [1.165, 1.54) is 0 Å². The van der Waals surface area contributed by atoms with Crippen LogP contribution < -0.4 is 4.74 Å². The molecule has 0 unspecified atom stereocenters. The molecule has 0 radical (unpaired) electrons. The summed E-state index contributed by atoms with van der Waals surface area (Å²) in [6, 6.07) is 5.81. The Balaban J connectivity index is 2.75. The van der Waals surface area contributed by atoms with Crippen molar-refractivity contribution in [1.82, 2.24) is 4.98 Å². The van der Waals surface area contributed by atoms with Crippen molar-refractivity contribution in [1.29, 1.82) is 0 Å². The fourth-order valence-corrected chi connectivity index (χ4v) is 1.70. The molecule has 0 aliphatic heterocycles. The monoisotopic (exact) mass is 195 g/mol. The van der Waals surface area contributed by atoms with Gasteiger partial charge in [0.15, 0.2) is 0 Å². The van der Waals surface area contributed by atoms with E-state index < -0.39 is 0 Å². The zero-order valence-electron chi connectivity index (χ0n) is 7.52. The average Bonchev–Trinajstić information content (AvgIpc) is 2.46. The van der Waals surface area contributed by atoms with E-state index in [-0.39, 0.29) is 0 Å². The van der Waals surface area contributed by atoms with Crippen LogP contribution in [0.1, 0.15) is 5.69 Å². The molecule has 0 amide bonds. The van der Waals surface area contributed by atoms with Gasteiger partial charge in [-0.15, -0.1) is 0 Å². The first-order valence-corrected chi connectivity index (χ1v) is 4.41. The van der Waals surface area contributed by atoms with Gasteiger partial charge in [0.2, 0.25) is 0 Å². The number of hydrogen-bond acceptors (Lipinski definition) is 1. The number of nitrogens with one attached hydrogen (secondary N) is 1. The summed E-state index contributed by atoms with van der Waals surface area (Å²) in [5.74, 6) is 0.788. The molecule has 0 aliphatic carbocycles. The Bertz CT molecular complexity index is 447. The number of methoxy groups -OCH3 is 1. The van der Waals surface area contributed by atoms with Crippen LogP contribution in [-0.4, -0.2) is 12.1 Å². The zero-order valence-corrected chi connectivity index (χ0v) is 8.27. The van der Waals surface area contributed by atoms with Gasteiger partial charge >= 0.3 is 0 Å². The van der Waals surface area contributed by atoms with Crippen LogP contribution in [0.2, 0.25) is 5.02 Å². The van der Waals surface area contributed by atoms with Gasteiger partial charge in [0.25, 0.3) is 0 Å². The lowest BCUT2D eigenvalue weighted by molar-refractivity contribution is 0.415. The molecule has 0 fully saturated rings. The Kier molecular flexibility index (Phi) is 1.93. The molecule has 68 valence electrons. The number of H-pyrrole nitrogens is 1. The smallest absolute Gasteiger partial charge is 0.121 e. The predicted octanol–water partition coefficient (Wildman–Crippen LogP) is 3.14. The van der Waals surface area contributed by atoms with Crippen LogP contribution in [0.3, 0.4) is 0 Å². The Morgan fingerprint density at radius 3 is 2.77 bits per heavy atom. The van der Waals surface area contributed by atoms with E-state index in [1.807, 2.05) is 19.1 Å². The summed E-state index contributed by atoms with van der Waals surface area (Å²) in [5.41, 5.74) is 2.07. The van der Waals surface area contributed by atoms with Crippen molar-refractivity contribution < 1.29 is 4.74 Å². The topological polar surface area (TPSA) is 25.0 Å². The molecular formula is C10H10ClNO. The molecule has 2 rings (SSSR count). The quantitative estimate of drug-likeness (QED) is 0.743. The van der Waals surface area contributed by atoms with Crippen molar-refractivity contribution in [3.05, 3.63) is 28.9 Å². The number of rotatable bonds is 1. The molecule has 0 saturated heterocycles. The van der Waals surface area contributed by atoms with Crippen molar-refractivity contribution in [2.45, 2.75) is 6.92 Å². The first-order valence-electron chi connectivity index (χ1n) is 4.03. The third-order valence-corrected chi connectivity index (χ3v) is 2.32. The van der Waals surface area contributed by atoms with E-state index in [0.717, 1.165) is 22.3 Å². The molecular weight excluding hydrogens is 186 g/mol. The highest BCUT2D eigenvalue weighted by Crippen LogP contribution is 2.28. The van der Waals surface area contributed by atoms with Gasteiger partial charge in [-0.3, -0.25) is 0 Å². The number of aromatic amines is 1. The van der Waals surface area contributed by atoms with Gasteiger partial charge in [0.05, 0.1) is 17.6 Å². The van der Waals surface area contributed by atoms with Gasteiger partial charge < -0.3 is 9.72 Å². The highest BCUT2D eigenvalue weighted by atomic mass is 35.5. The second kappa shape index (κ2) is 2.96. The van der Waals surface area contributed by atoms with Gasteiger partial charge in [-0.05, 0) is 19.1 Å². The van der Waals surface area contributed by atoms with Crippen LogP contribution in [0.4, 0.5) is 0 Å². The Morgan fingerprint density at radius 1 is 1.31 bits per heavy atom. The van der Waals surface area contributed by atoms with Crippen molar-refractivity contribution in [2.24, 2.45) is 0 Å². The molecule has 2 nitrogen and oxygen atoms in total. The molecule has 0 bridgehead atoms. The standard InChI is InChI=1S/C10H10ClNO/c1-6-3-7-4-8(13-2)5-9(11)10(7)12-6/h3-5,12H,1-2H3. The molecule has 1 aromatic heterocycles. The predicted molar refractivity (Wildman–Crippen MR) is 54.6 cm³/mol. The summed E-state index contributed by atoms with van der Waals surface area (Å²) in [7, 11) is 1.64. The number of ether oxygens (including phenoxy) is 1. The number of benzene rings is 1. The summed E-state index contributed by atoms with van der Waals surface area (Å²) >= 11 is 6.04. The molecule has 0 aliphatic rings. The van der Waals surface area contributed by atoms with E-state index in [9.17, 15) is 0 Å². The average molecular weight is 196 g/mol. The van der Waals surface area contributed by atoms with Crippen LogP contribution >= 0.6 is 11.6 Å². The van der Waals surface area contributed by atoms with E-state index >= 15 is 0 Å². The molecule has 13 heavy (non-hydrogen) atoms. The maximum absolute atomic E-state index is 6.04.